The summed E-state index contributed by atoms with van der Waals surface area (Å²) in [5.41, 5.74) is 3.04. The fourth-order valence-electron chi connectivity index (χ4n) is 1.55. The van der Waals surface area contributed by atoms with Crippen molar-refractivity contribution in [1.29, 1.82) is 0 Å². The lowest BCUT2D eigenvalue weighted by Crippen LogP contribution is -2.31. The lowest BCUT2D eigenvalue weighted by atomic mass is 10.2. The van der Waals surface area contributed by atoms with Crippen LogP contribution in [0, 0.1) is 0 Å². The van der Waals surface area contributed by atoms with Crippen molar-refractivity contribution in [2.75, 3.05) is 0 Å². The molecule has 0 bridgehead atoms. The maximum atomic E-state index is 11.6. The monoisotopic (exact) mass is 258 g/mol. The molecular formula is C14H14N2O3. The van der Waals surface area contributed by atoms with Crippen LogP contribution in [0.4, 0.5) is 0 Å². The molecule has 5 nitrogen and oxygen atoms in total. The number of benzene rings is 1. The number of hydrogen-bond donors (Lipinski definition) is 1. The standard InChI is InChI=1S/C14H14N2O3/c17-13(10-16-9-5-4-8-14(16)18)15-19-11-12-6-2-1-3-7-12/h1-9H,10-11H2,(H,15,17). The van der Waals surface area contributed by atoms with Crippen molar-refractivity contribution in [3.05, 3.63) is 70.6 Å². The van der Waals surface area contributed by atoms with E-state index in [1.54, 1.807) is 18.3 Å². The zero-order valence-electron chi connectivity index (χ0n) is 10.3. The molecule has 5 heteroatoms. The normalized spacial score (nSPS) is 10.1. The van der Waals surface area contributed by atoms with Crippen LogP contribution in [-0.2, 0) is 22.8 Å². The van der Waals surface area contributed by atoms with Crippen molar-refractivity contribution in [2.45, 2.75) is 13.2 Å². The summed E-state index contributed by atoms with van der Waals surface area (Å²) in [6.45, 7) is 0.227. The van der Waals surface area contributed by atoms with Crippen LogP contribution in [-0.4, -0.2) is 10.5 Å². The molecular weight excluding hydrogens is 244 g/mol. The minimum atomic E-state index is -0.371. The lowest BCUT2D eigenvalue weighted by molar-refractivity contribution is -0.135. The van der Waals surface area contributed by atoms with Crippen molar-refractivity contribution in [3.63, 3.8) is 0 Å². The van der Waals surface area contributed by atoms with Gasteiger partial charge in [-0.1, -0.05) is 36.4 Å². The Morgan fingerprint density at radius 3 is 2.58 bits per heavy atom. The summed E-state index contributed by atoms with van der Waals surface area (Å²) in [5, 5.41) is 0. The number of nitrogens with one attached hydrogen (secondary N) is 1. The van der Waals surface area contributed by atoms with Crippen molar-refractivity contribution in [3.8, 4) is 0 Å². The predicted molar refractivity (Wildman–Crippen MR) is 70.1 cm³/mol. The molecule has 1 heterocycles. The smallest absolute Gasteiger partial charge is 0.263 e. The highest BCUT2D eigenvalue weighted by Gasteiger charge is 2.03. The van der Waals surface area contributed by atoms with Gasteiger partial charge in [-0.15, -0.1) is 0 Å². The van der Waals surface area contributed by atoms with Crippen LogP contribution in [0.25, 0.3) is 0 Å². The molecule has 0 saturated carbocycles. The number of carbonyl (C=O) groups is 1. The number of nitrogens with zero attached hydrogens (tertiary/aromatic N) is 1. The molecule has 1 aromatic heterocycles. The molecule has 1 amide bonds. The quantitative estimate of drug-likeness (QED) is 0.817. The third-order valence-corrected chi connectivity index (χ3v) is 2.48. The Hall–Kier alpha value is -2.40. The van der Waals surface area contributed by atoms with E-state index in [0.29, 0.717) is 0 Å². The Morgan fingerprint density at radius 2 is 1.84 bits per heavy atom. The second-order valence-corrected chi connectivity index (χ2v) is 3.97. The van der Waals surface area contributed by atoms with Gasteiger partial charge in [-0.25, -0.2) is 5.48 Å². The molecule has 0 aliphatic heterocycles. The highest BCUT2D eigenvalue weighted by molar-refractivity contribution is 5.74. The van der Waals surface area contributed by atoms with E-state index >= 15 is 0 Å². The van der Waals surface area contributed by atoms with Crippen LogP contribution >= 0.6 is 0 Å². The number of hydrogen-bond acceptors (Lipinski definition) is 3. The largest absolute Gasteiger partial charge is 0.306 e. The molecule has 0 spiro atoms. The Morgan fingerprint density at radius 1 is 1.11 bits per heavy atom. The number of hydroxylamine groups is 1. The number of amides is 1. The summed E-state index contributed by atoms with van der Waals surface area (Å²) < 4.78 is 1.31. The maximum absolute atomic E-state index is 11.6. The van der Waals surface area contributed by atoms with E-state index in [1.165, 1.54) is 10.6 Å². The Balaban J connectivity index is 1.79. The van der Waals surface area contributed by atoms with Crippen molar-refractivity contribution >= 4 is 5.91 Å². The average molecular weight is 258 g/mol. The summed E-state index contributed by atoms with van der Waals surface area (Å²) in [5.74, 6) is -0.371. The zero-order valence-corrected chi connectivity index (χ0v) is 10.3. The molecule has 0 fully saturated rings. The highest BCUT2D eigenvalue weighted by Crippen LogP contribution is 1.98. The van der Waals surface area contributed by atoms with Crippen molar-refractivity contribution < 1.29 is 9.63 Å². The van der Waals surface area contributed by atoms with Gasteiger partial charge in [0.1, 0.15) is 6.54 Å². The van der Waals surface area contributed by atoms with Gasteiger partial charge in [0.2, 0.25) is 0 Å². The molecule has 0 aliphatic rings. The van der Waals surface area contributed by atoms with E-state index in [2.05, 4.69) is 5.48 Å². The molecule has 2 rings (SSSR count). The van der Waals surface area contributed by atoms with Crippen LogP contribution in [0.2, 0.25) is 0 Å². The van der Waals surface area contributed by atoms with E-state index in [0.717, 1.165) is 5.56 Å². The number of aromatic nitrogens is 1. The Kier molecular flexibility index (Phi) is 4.47. The fraction of sp³-hybridized carbons (Fsp3) is 0.143. The molecule has 0 unspecified atom stereocenters. The van der Waals surface area contributed by atoms with Gasteiger partial charge in [0.05, 0.1) is 6.61 Å². The van der Waals surface area contributed by atoms with E-state index in [-0.39, 0.29) is 24.6 Å². The van der Waals surface area contributed by atoms with Gasteiger partial charge >= 0.3 is 0 Å². The molecule has 1 N–H and O–H groups in total. The van der Waals surface area contributed by atoms with Gasteiger partial charge in [0, 0.05) is 12.3 Å². The first-order valence-corrected chi connectivity index (χ1v) is 5.86. The molecule has 19 heavy (non-hydrogen) atoms. The first kappa shape index (κ1) is 13.0. The highest BCUT2D eigenvalue weighted by atomic mass is 16.6. The van der Waals surface area contributed by atoms with Gasteiger partial charge in [-0.2, -0.15) is 0 Å². The number of carbonyl (C=O) groups excluding carboxylic acids is 1. The van der Waals surface area contributed by atoms with Crippen LogP contribution < -0.4 is 11.0 Å². The third kappa shape index (κ3) is 4.08. The van der Waals surface area contributed by atoms with E-state index in [9.17, 15) is 9.59 Å². The topological polar surface area (TPSA) is 60.3 Å². The summed E-state index contributed by atoms with van der Waals surface area (Å²) in [6, 6.07) is 14.2. The van der Waals surface area contributed by atoms with E-state index in [4.69, 9.17) is 4.84 Å². The number of rotatable bonds is 5. The second-order valence-electron chi connectivity index (χ2n) is 3.97. The number of pyridine rings is 1. The Labute approximate surface area is 110 Å². The predicted octanol–water partition coefficient (Wildman–Crippen LogP) is 1.10. The molecule has 0 radical (unpaired) electrons. The van der Waals surface area contributed by atoms with E-state index in [1.807, 2.05) is 30.3 Å². The molecule has 0 aliphatic carbocycles. The van der Waals surface area contributed by atoms with Crippen molar-refractivity contribution in [1.82, 2.24) is 10.0 Å². The average Bonchev–Trinajstić information content (AvgIpc) is 2.43. The van der Waals surface area contributed by atoms with Gasteiger partial charge in [-0.3, -0.25) is 14.4 Å². The molecule has 98 valence electrons. The van der Waals surface area contributed by atoms with Crippen LogP contribution in [0.1, 0.15) is 5.56 Å². The summed E-state index contributed by atoms with van der Waals surface area (Å²) in [7, 11) is 0. The molecule has 0 atom stereocenters. The SMILES string of the molecule is O=C(Cn1ccccc1=O)NOCc1ccccc1. The fourth-order valence-corrected chi connectivity index (χ4v) is 1.55. The lowest BCUT2D eigenvalue weighted by Gasteiger charge is -2.07. The first-order valence-electron chi connectivity index (χ1n) is 5.86. The van der Waals surface area contributed by atoms with Gasteiger partial charge < -0.3 is 4.57 Å². The van der Waals surface area contributed by atoms with Gasteiger partial charge in [0.15, 0.2) is 0 Å². The first-order chi connectivity index (χ1) is 9.25. The molecule has 2 aromatic rings. The Bertz CT molecular complexity index is 593. The minimum absolute atomic E-state index is 0.0610. The second kappa shape index (κ2) is 6.51. The summed E-state index contributed by atoms with van der Waals surface area (Å²) in [4.78, 5) is 28.0. The van der Waals surface area contributed by atoms with Crippen LogP contribution in [0.3, 0.4) is 0 Å². The van der Waals surface area contributed by atoms with Gasteiger partial charge in [-0.05, 0) is 11.6 Å². The third-order valence-electron chi connectivity index (χ3n) is 2.48. The maximum Gasteiger partial charge on any atom is 0.263 e. The zero-order chi connectivity index (χ0) is 13.5. The van der Waals surface area contributed by atoms with Crippen molar-refractivity contribution in [2.24, 2.45) is 0 Å². The van der Waals surface area contributed by atoms with Gasteiger partial charge in [0.25, 0.3) is 11.5 Å². The van der Waals surface area contributed by atoms with Crippen LogP contribution in [0.5, 0.6) is 0 Å². The molecule has 0 saturated heterocycles. The summed E-state index contributed by atoms with van der Waals surface area (Å²) in [6.07, 6.45) is 1.55. The van der Waals surface area contributed by atoms with E-state index < -0.39 is 0 Å². The minimum Gasteiger partial charge on any atom is -0.306 e. The summed E-state index contributed by atoms with van der Waals surface area (Å²) >= 11 is 0. The molecule has 1 aromatic carbocycles. The van der Waals surface area contributed by atoms with Crippen LogP contribution in [0.15, 0.2) is 59.5 Å².